The molecule has 1 aromatic carbocycles. The van der Waals surface area contributed by atoms with Crippen molar-refractivity contribution in [3.8, 4) is 11.4 Å². The predicted molar refractivity (Wildman–Crippen MR) is 78.2 cm³/mol. The summed E-state index contributed by atoms with van der Waals surface area (Å²) >= 11 is 0. The first-order chi connectivity index (χ1) is 10.3. The van der Waals surface area contributed by atoms with E-state index in [1.807, 2.05) is 30.3 Å². The number of hydrogen-bond donors (Lipinski definition) is 2. The molecule has 0 unspecified atom stereocenters. The van der Waals surface area contributed by atoms with Crippen molar-refractivity contribution in [1.29, 1.82) is 0 Å². The number of aromatic amines is 1. The molecule has 0 radical (unpaired) electrons. The summed E-state index contributed by atoms with van der Waals surface area (Å²) in [6.07, 6.45) is 4.47. The molecule has 6 nitrogen and oxygen atoms in total. The van der Waals surface area contributed by atoms with Crippen LogP contribution in [0.3, 0.4) is 0 Å². The van der Waals surface area contributed by atoms with Crippen LogP contribution >= 0.6 is 0 Å². The number of aromatic nitrogens is 3. The maximum Gasteiger partial charge on any atom is 0.250 e. The van der Waals surface area contributed by atoms with Crippen molar-refractivity contribution >= 4 is 17.9 Å². The molecular weight excluding hydrogens is 268 g/mol. The van der Waals surface area contributed by atoms with Crippen molar-refractivity contribution in [2.24, 2.45) is 0 Å². The Kier molecular flexibility index (Phi) is 3.60. The predicted octanol–water partition coefficient (Wildman–Crippen LogP) is 2.72. The molecule has 104 valence electrons. The van der Waals surface area contributed by atoms with Crippen LogP contribution in [-0.2, 0) is 4.79 Å². The topological polar surface area (TPSA) is 83.8 Å². The lowest BCUT2D eigenvalue weighted by Gasteiger charge is -1.94. The molecule has 3 aromatic rings. The largest absolute Gasteiger partial charge is 0.465 e. The van der Waals surface area contributed by atoms with Crippen molar-refractivity contribution in [2.45, 2.75) is 0 Å². The molecule has 0 spiro atoms. The van der Waals surface area contributed by atoms with Crippen molar-refractivity contribution in [3.05, 3.63) is 60.6 Å². The van der Waals surface area contributed by atoms with Gasteiger partial charge in [-0.25, -0.2) is 0 Å². The smallest absolute Gasteiger partial charge is 0.250 e. The van der Waals surface area contributed by atoms with Crippen LogP contribution in [0.4, 0.5) is 5.95 Å². The molecule has 0 bridgehead atoms. The second kappa shape index (κ2) is 5.87. The zero-order chi connectivity index (χ0) is 14.5. The molecule has 0 aliphatic carbocycles. The Morgan fingerprint density at radius 1 is 1.19 bits per heavy atom. The standard InChI is InChI=1S/C15H12N4O2/c20-13(9-8-12-7-4-10-21-12)16-15-17-14(18-19-15)11-5-2-1-3-6-11/h1-10H,(H2,16,17,18,19,20). The molecule has 0 aliphatic rings. The maximum atomic E-state index is 11.7. The summed E-state index contributed by atoms with van der Waals surface area (Å²) in [4.78, 5) is 15.9. The molecule has 0 saturated carbocycles. The summed E-state index contributed by atoms with van der Waals surface area (Å²) < 4.78 is 5.09. The Morgan fingerprint density at radius 3 is 2.81 bits per heavy atom. The summed E-state index contributed by atoms with van der Waals surface area (Å²) in [7, 11) is 0. The highest BCUT2D eigenvalue weighted by molar-refractivity contribution is 6.00. The van der Waals surface area contributed by atoms with E-state index >= 15 is 0 Å². The van der Waals surface area contributed by atoms with E-state index in [1.165, 1.54) is 6.08 Å². The minimum absolute atomic E-state index is 0.225. The quantitative estimate of drug-likeness (QED) is 0.720. The van der Waals surface area contributed by atoms with E-state index in [1.54, 1.807) is 24.5 Å². The molecule has 0 saturated heterocycles. The summed E-state index contributed by atoms with van der Waals surface area (Å²) in [5.41, 5.74) is 0.900. The number of hydrogen-bond acceptors (Lipinski definition) is 4. The van der Waals surface area contributed by atoms with Gasteiger partial charge in [0, 0.05) is 11.6 Å². The zero-order valence-corrected chi connectivity index (χ0v) is 11.0. The monoisotopic (exact) mass is 280 g/mol. The normalized spacial score (nSPS) is 10.9. The maximum absolute atomic E-state index is 11.7. The van der Waals surface area contributed by atoms with E-state index in [0.29, 0.717) is 11.6 Å². The number of anilines is 1. The first kappa shape index (κ1) is 12.9. The molecule has 0 aliphatic heterocycles. The van der Waals surface area contributed by atoms with Crippen molar-refractivity contribution < 1.29 is 9.21 Å². The van der Waals surface area contributed by atoms with Gasteiger partial charge in [0.2, 0.25) is 5.95 Å². The van der Waals surface area contributed by atoms with E-state index in [4.69, 9.17) is 4.42 Å². The van der Waals surface area contributed by atoms with Gasteiger partial charge in [-0.15, -0.1) is 5.10 Å². The summed E-state index contributed by atoms with van der Waals surface area (Å²) in [6, 6.07) is 13.0. The lowest BCUT2D eigenvalue weighted by molar-refractivity contribution is -0.111. The minimum Gasteiger partial charge on any atom is -0.465 e. The number of nitrogens with one attached hydrogen (secondary N) is 2. The zero-order valence-electron chi connectivity index (χ0n) is 11.0. The molecule has 3 rings (SSSR count). The van der Waals surface area contributed by atoms with Gasteiger partial charge in [-0.1, -0.05) is 30.3 Å². The highest BCUT2D eigenvalue weighted by atomic mass is 16.3. The highest BCUT2D eigenvalue weighted by Crippen LogP contribution is 2.14. The van der Waals surface area contributed by atoms with Crippen molar-refractivity contribution in [2.75, 3.05) is 5.32 Å². The second-order valence-electron chi connectivity index (χ2n) is 4.21. The van der Waals surface area contributed by atoms with Gasteiger partial charge < -0.3 is 4.42 Å². The van der Waals surface area contributed by atoms with Crippen LogP contribution in [0.2, 0.25) is 0 Å². The molecule has 1 amide bonds. The number of furan rings is 1. The highest BCUT2D eigenvalue weighted by Gasteiger charge is 2.06. The van der Waals surface area contributed by atoms with E-state index in [2.05, 4.69) is 20.5 Å². The SMILES string of the molecule is O=C(C=Cc1ccco1)Nc1n[nH]c(-c2ccccc2)n1. The van der Waals surface area contributed by atoms with Gasteiger partial charge in [0.05, 0.1) is 6.26 Å². The van der Waals surface area contributed by atoms with Gasteiger partial charge in [0.25, 0.3) is 5.91 Å². The molecule has 2 heterocycles. The van der Waals surface area contributed by atoms with Crippen LogP contribution in [0.1, 0.15) is 5.76 Å². The van der Waals surface area contributed by atoms with Crippen LogP contribution < -0.4 is 5.32 Å². The average molecular weight is 280 g/mol. The fourth-order valence-corrected chi connectivity index (χ4v) is 1.74. The second-order valence-corrected chi connectivity index (χ2v) is 4.21. The van der Waals surface area contributed by atoms with Crippen LogP contribution in [0, 0.1) is 0 Å². The van der Waals surface area contributed by atoms with Gasteiger partial charge in [0.15, 0.2) is 5.82 Å². The van der Waals surface area contributed by atoms with E-state index in [9.17, 15) is 4.79 Å². The van der Waals surface area contributed by atoms with Gasteiger partial charge in [-0.3, -0.25) is 15.2 Å². The van der Waals surface area contributed by atoms with E-state index in [0.717, 1.165) is 5.56 Å². The Bertz CT molecular complexity index is 745. The first-order valence-electron chi connectivity index (χ1n) is 6.32. The summed E-state index contributed by atoms with van der Waals surface area (Å²) in [6.45, 7) is 0. The van der Waals surface area contributed by atoms with Crippen molar-refractivity contribution in [3.63, 3.8) is 0 Å². The molecule has 2 aromatic heterocycles. The Morgan fingerprint density at radius 2 is 2.05 bits per heavy atom. The average Bonchev–Trinajstić information content (AvgIpc) is 3.17. The van der Waals surface area contributed by atoms with Crippen molar-refractivity contribution in [1.82, 2.24) is 15.2 Å². The Hall–Kier alpha value is -3.15. The number of carbonyl (C=O) groups excluding carboxylic acids is 1. The summed E-state index contributed by atoms with van der Waals surface area (Å²) in [5.74, 6) is 1.10. The van der Waals surface area contributed by atoms with Gasteiger partial charge in [-0.05, 0) is 18.2 Å². The molecular formula is C15H12N4O2. The first-order valence-corrected chi connectivity index (χ1v) is 6.32. The van der Waals surface area contributed by atoms with E-state index in [-0.39, 0.29) is 11.9 Å². The number of benzene rings is 1. The van der Waals surface area contributed by atoms with Crippen LogP contribution in [0.15, 0.2) is 59.2 Å². The third-order valence-corrected chi connectivity index (χ3v) is 2.71. The molecule has 0 fully saturated rings. The fraction of sp³-hybridized carbons (Fsp3) is 0. The van der Waals surface area contributed by atoms with Gasteiger partial charge in [0.1, 0.15) is 5.76 Å². The molecule has 2 N–H and O–H groups in total. The molecule has 0 atom stereocenters. The fourth-order valence-electron chi connectivity index (χ4n) is 1.74. The lowest BCUT2D eigenvalue weighted by atomic mass is 10.2. The van der Waals surface area contributed by atoms with Gasteiger partial charge >= 0.3 is 0 Å². The Labute approximate surface area is 120 Å². The number of amides is 1. The number of rotatable bonds is 4. The number of nitrogens with zero attached hydrogens (tertiary/aromatic N) is 2. The minimum atomic E-state index is -0.329. The van der Waals surface area contributed by atoms with Crippen LogP contribution in [0.5, 0.6) is 0 Å². The van der Waals surface area contributed by atoms with E-state index < -0.39 is 0 Å². The third kappa shape index (κ3) is 3.24. The number of carbonyl (C=O) groups is 1. The molecule has 6 heteroatoms. The van der Waals surface area contributed by atoms with Gasteiger partial charge in [-0.2, -0.15) is 4.98 Å². The van der Waals surface area contributed by atoms with Crippen LogP contribution in [0.25, 0.3) is 17.5 Å². The lowest BCUT2D eigenvalue weighted by Crippen LogP contribution is -2.08. The summed E-state index contributed by atoms with van der Waals surface area (Å²) in [5, 5.41) is 9.30. The Balaban J connectivity index is 1.66. The third-order valence-electron chi connectivity index (χ3n) is 2.71. The number of H-pyrrole nitrogens is 1. The van der Waals surface area contributed by atoms with Crippen LogP contribution in [-0.4, -0.2) is 21.1 Å². The molecule has 21 heavy (non-hydrogen) atoms.